The third-order valence-electron chi connectivity index (χ3n) is 2.64. The van der Waals surface area contributed by atoms with Crippen LogP contribution in [0.3, 0.4) is 0 Å². The highest BCUT2D eigenvalue weighted by Gasteiger charge is 2.25. The fourth-order valence-corrected chi connectivity index (χ4v) is 1.42. The van der Waals surface area contributed by atoms with Gasteiger partial charge in [0.25, 0.3) is 0 Å². The van der Waals surface area contributed by atoms with Crippen LogP contribution in [0.4, 0.5) is 0 Å². The summed E-state index contributed by atoms with van der Waals surface area (Å²) in [5.74, 6) is -0.0894. The maximum Gasteiger partial charge on any atom is 0.311 e. The van der Waals surface area contributed by atoms with E-state index in [2.05, 4.69) is 26.0 Å². The van der Waals surface area contributed by atoms with E-state index >= 15 is 0 Å². The third-order valence-corrected chi connectivity index (χ3v) is 2.64. The third kappa shape index (κ3) is 8.00. The molecule has 1 atom stereocenters. The molecule has 0 saturated heterocycles. The highest BCUT2D eigenvalue weighted by molar-refractivity contribution is 5.75. The van der Waals surface area contributed by atoms with Crippen molar-refractivity contribution in [2.75, 3.05) is 0 Å². The molecule has 0 aromatic carbocycles. The highest BCUT2D eigenvalue weighted by Crippen LogP contribution is 2.19. The Morgan fingerprint density at radius 1 is 1.24 bits per heavy atom. The molecule has 0 saturated carbocycles. The molecule has 2 heteroatoms. The molecule has 0 aliphatic carbocycles. The van der Waals surface area contributed by atoms with Gasteiger partial charge in [-0.05, 0) is 52.9 Å². The first-order valence-electron chi connectivity index (χ1n) is 6.77. The highest BCUT2D eigenvalue weighted by atomic mass is 16.5. The van der Waals surface area contributed by atoms with Gasteiger partial charge in [0.2, 0.25) is 0 Å². The minimum absolute atomic E-state index is 0.0803. The fourth-order valence-electron chi connectivity index (χ4n) is 1.42. The number of rotatable bonds is 7. The van der Waals surface area contributed by atoms with Gasteiger partial charge in [-0.2, -0.15) is 0 Å². The Morgan fingerprint density at radius 3 is 2.35 bits per heavy atom. The topological polar surface area (TPSA) is 26.3 Å². The first-order valence-corrected chi connectivity index (χ1v) is 6.77. The summed E-state index contributed by atoms with van der Waals surface area (Å²) in [5, 5.41) is 0. The van der Waals surface area contributed by atoms with Gasteiger partial charge in [-0.15, -0.1) is 0 Å². The second kappa shape index (κ2) is 8.32. The normalized spacial score (nSPS) is 13.9. The number of carbonyl (C=O) groups excluding carboxylic acids is 1. The fraction of sp³-hybridized carbons (Fsp3) is 0.800. The van der Waals surface area contributed by atoms with Gasteiger partial charge in [0.15, 0.2) is 0 Å². The van der Waals surface area contributed by atoms with E-state index in [1.807, 2.05) is 20.8 Å². The molecule has 0 aliphatic rings. The molecular weight excluding hydrogens is 212 g/mol. The monoisotopic (exact) mass is 240 g/mol. The van der Waals surface area contributed by atoms with Crippen LogP contribution in [0.15, 0.2) is 12.2 Å². The Bertz CT molecular complexity index is 236. The molecule has 0 N–H and O–H groups in total. The van der Waals surface area contributed by atoms with E-state index in [0.717, 1.165) is 32.1 Å². The molecule has 0 heterocycles. The van der Waals surface area contributed by atoms with Crippen molar-refractivity contribution in [3.63, 3.8) is 0 Å². The second-order valence-corrected chi connectivity index (χ2v) is 5.50. The largest absolute Gasteiger partial charge is 0.462 e. The SMILES string of the molecule is CC/C=C/CCCC(CC)OC(=O)C(C)(C)C. The van der Waals surface area contributed by atoms with Gasteiger partial charge in [-0.25, -0.2) is 0 Å². The molecule has 0 bridgehead atoms. The number of hydrogen-bond donors (Lipinski definition) is 0. The van der Waals surface area contributed by atoms with Crippen LogP contribution in [0.25, 0.3) is 0 Å². The van der Waals surface area contributed by atoms with Crippen molar-refractivity contribution in [1.82, 2.24) is 0 Å². The number of hydrogen-bond acceptors (Lipinski definition) is 2. The van der Waals surface area contributed by atoms with Gasteiger partial charge in [-0.1, -0.05) is 26.0 Å². The van der Waals surface area contributed by atoms with Crippen LogP contribution < -0.4 is 0 Å². The zero-order chi connectivity index (χ0) is 13.3. The van der Waals surface area contributed by atoms with Gasteiger partial charge in [0, 0.05) is 0 Å². The van der Waals surface area contributed by atoms with Gasteiger partial charge in [0.05, 0.1) is 5.41 Å². The molecule has 2 nitrogen and oxygen atoms in total. The summed E-state index contributed by atoms with van der Waals surface area (Å²) in [6.45, 7) is 9.89. The van der Waals surface area contributed by atoms with Gasteiger partial charge in [-0.3, -0.25) is 4.79 Å². The molecule has 0 aliphatic heterocycles. The summed E-state index contributed by atoms with van der Waals surface area (Å²) >= 11 is 0. The predicted octanol–water partition coefficient (Wildman–Crippen LogP) is 4.49. The Kier molecular flexibility index (Phi) is 7.94. The number of ether oxygens (including phenoxy) is 1. The van der Waals surface area contributed by atoms with Crippen molar-refractivity contribution >= 4 is 5.97 Å². The van der Waals surface area contributed by atoms with E-state index in [1.54, 1.807) is 0 Å². The molecule has 1 unspecified atom stereocenters. The minimum atomic E-state index is -0.393. The van der Waals surface area contributed by atoms with Gasteiger partial charge < -0.3 is 4.74 Å². The van der Waals surface area contributed by atoms with Crippen LogP contribution in [0.2, 0.25) is 0 Å². The van der Waals surface area contributed by atoms with Crippen LogP contribution in [0.1, 0.15) is 66.7 Å². The summed E-state index contributed by atoms with van der Waals surface area (Å²) in [5.41, 5.74) is -0.393. The molecule has 0 spiro atoms. The van der Waals surface area contributed by atoms with Crippen LogP contribution >= 0.6 is 0 Å². The molecule has 0 amide bonds. The average molecular weight is 240 g/mol. The van der Waals surface area contributed by atoms with E-state index in [9.17, 15) is 4.79 Å². The van der Waals surface area contributed by atoms with Crippen molar-refractivity contribution in [2.45, 2.75) is 72.8 Å². The maximum atomic E-state index is 11.7. The van der Waals surface area contributed by atoms with Gasteiger partial charge >= 0.3 is 5.97 Å². The summed E-state index contributed by atoms with van der Waals surface area (Å²) in [4.78, 5) is 11.7. The van der Waals surface area contributed by atoms with Crippen molar-refractivity contribution in [1.29, 1.82) is 0 Å². The van der Waals surface area contributed by atoms with E-state index in [1.165, 1.54) is 0 Å². The van der Waals surface area contributed by atoms with Crippen molar-refractivity contribution in [2.24, 2.45) is 5.41 Å². The van der Waals surface area contributed by atoms with Gasteiger partial charge in [0.1, 0.15) is 6.10 Å². The molecular formula is C15H28O2. The predicted molar refractivity (Wildman–Crippen MR) is 72.9 cm³/mol. The second-order valence-electron chi connectivity index (χ2n) is 5.50. The maximum absolute atomic E-state index is 11.7. The minimum Gasteiger partial charge on any atom is -0.462 e. The quantitative estimate of drug-likeness (QED) is 0.372. The summed E-state index contributed by atoms with van der Waals surface area (Å²) in [6.07, 6.45) is 9.60. The summed E-state index contributed by atoms with van der Waals surface area (Å²) in [7, 11) is 0. The smallest absolute Gasteiger partial charge is 0.311 e. The van der Waals surface area contributed by atoms with Crippen LogP contribution in [-0.4, -0.2) is 12.1 Å². The Hall–Kier alpha value is -0.790. The Labute approximate surface area is 106 Å². The molecule has 17 heavy (non-hydrogen) atoms. The van der Waals surface area contributed by atoms with E-state index in [-0.39, 0.29) is 12.1 Å². The lowest BCUT2D eigenvalue weighted by Gasteiger charge is -2.22. The molecule has 0 radical (unpaired) electrons. The van der Waals surface area contributed by atoms with Crippen molar-refractivity contribution in [3.05, 3.63) is 12.2 Å². The summed E-state index contributed by atoms with van der Waals surface area (Å²) in [6, 6.07) is 0. The van der Waals surface area contributed by atoms with Crippen molar-refractivity contribution < 1.29 is 9.53 Å². The van der Waals surface area contributed by atoms with E-state index < -0.39 is 5.41 Å². The number of carbonyl (C=O) groups is 1. The number of esters is 1. The van der Waals surface area contributed by atoms with Crippen LogP contribution in [-0.2, 0) is 9.53 Å². The molecule has 0 aromatic heterocycles. The Balaban J connectivity index is 3.92. The molecule has 0 aromatic rings. The average Bonchev–Trinajstić information content (AvgIpc) is 2.25. The zero-order valence-corrected chi connectivity index (χ0v) is 12.1. The first kappa shape index (κ1) is 16.2. The number of allylic oxidation sites excluding steroid dienone is 2. The first-order chi connectivity index (χ1) is 7.91. The standard InChI is InChI=1S/C15H28O2/c1-6-8-9-10-11-12-13(7-2)17-14(16)15(3,4)5/h8-9,13H,6-7,10-12H2,1-5H3/b9-8+. The molecule has 100 valence electrons. The summed E-state index contributed by atoms with van der Waals surface area (Å²) < 4.78 is 5.51. The number of unbranched alkanes of at least 4 members (excludes halogenated alkanes) is 1. The lowest BCUT2D eigenvalue weighted by molar-refractivity contribution is -0.159. The zero-order valence-electron chi connectivity index (χ0n) is 12.1. The lowest BCUT2D eigenvalue weighted by atomic mass is 9.97. The van der Waals surface area contributed by atoms with Crippen molar-refractivity contribution in [3.8, 4) is 0 Å². The van der Waals surface area contributed by atoms with E-state index in [4.69, 9.17) is 4.74 Å². The van der Waals surface area contributed by atoms with E-state index in [0.29, 0.717) is 0 Å². The lowest BCUT2D eigenvalue weighted by Crippen LogP contribution is -2.28. The van der Waals surface area contributed by atoms with Crippen LogP contribution in [0.5, 0.6) is 0 Å². The van der Waals surface area contributed by atoms with Crippen LogP contribution in [0, 0.1) is 5.41 Å². The molecule has 0 fully saturated rings. The molecule has 0 rings (SSSR count). The Morgan fingerprint density at radius 2 is 1.88 bits per heavy atom.